The fourth-order valence-corrected chi connectivity index (χ4v) is 5.16. The molecule has 0 radical (unpaired) electrons. The molecule has 18 heavy (non-hydrogen) atoms. The van der Waals surface area contributed by atoms with E-state index in [1.807, 2.05) is 25.9 Å². The predicted octanol–water partition coefficient (Wildman–Crippen LogP) is 2.47. The van der Waals surface area contributed by atoms with Crippen LogP contribution in [0.5, 0.6) is 0 Å². The van der Waals surface area contributed by atoms with Crippen LogP contribution in [0.4, 0.5) is 0 Å². The third-order valence-corrected chi connectivity index (χ3v) is 6.40. The van der Waals surface area contributed by atoms with Crippen molar-refractivity contribution >= 4 is 37.3 Å². The van der Waals surface area contributed by atoms with E-state index in [1.54, 1.807) is 16.4 Å². The lowest BCUT2D eigenvalue weighted by Gasteiger charge is -2.22. The van der Waals surface area contributed by atoms with Crippen LogP contribution in [-0.4, -0.2) is 51.4 Å². The summed E-state index contributed by atoms with van der Waals surface area (Å²) in [5.74, 6) is 0. The summed E-state index contributed by atoms with van der Waals surface area (Å²) < 4.78 is 27.7. The largest absolute Gasteiger partial charge is 0.308 e. The summed E-state index contributed by atoms with van der Waals surface area (Å²) >= 11 is 4.56. The van der Waals surface area contributed by atoms with Gasteiger partial charge in [-0.15, -0.1) is 11.3 Å². The van der Waals surface area contributed by atoms with E-state index in [9.17, 15) is 8.42 Å². The minimum Gasteiger partial charge on any atom is -0.308 e. The van der Waals surface area contributed by atoms with Gasteiger partial charge in [-0.1, -0.05) is 6.92 Å². The molecule has 0 saturated carbocycles. The quantitative estimate of drug-likeness (QED) is 0.755. The molecule has 0 atom stereocenters. The summed E-state index contributed by atoms with van der Waals surface area (Å²) in [4.78, 5) is 1.99. The van der Waals surface area contributed by atoms with Crippen LogP contribution in [-0.2, 0) is 10.0 Å². The van der Waals surface area contributed by atoms with Gasteiger partial charge >= 0.3 is 0 Å². The molecular weight excluding hydrogens is 336 g/mol. The Balaban J connectivity index is 2.89. The van der Waals surface area contributed by atoms with Gasteiger partial charge in [0.25, 0.3) is 10.0 Å². The molecule has 0 saturated heterocycles. The standard InChI is InChI=1S/C11H19BrN2O2S2/c1-4-7-14(9-8-13(2)3)18(15,16)11-6-5-10(12)17-11/h5-6H,4,7-9H2,1-3H3. The fourth-order valence-electron chi connectivity index (χ4n) is 1.48. The van der Waals surface area contributed by atoms with Crippen LogP contribution in [0, 0.1) is 0 Å². The topological polar surface area (TPSA) is 40.6 Å². The first-order valence-electron chi connectivity index (χ1n) is 5.78. The van der Waals surface area contributed by atoms with E-state index in [0.717, 1.165) is 16.8 Å². The van der Waals surface area contributed by atoms with Gasteiger partial charge in [0.05, 0.1) is 3.79 Å². The highest BCUT2D eigenvalue weighted by atomic mass is 79.9. The van der Waals surface area contributed by atoms with Crippen molar-refractivity contribution in [3.63, 3.8) is 0 Å². The van der Waals surface area contributed by atoms with E-state index in [2.05, 4.69) is 15.9 Å². The lowest BCUT2D eigenvalue weighted by atomic mass is 10.4. The summed E-state index contributed by atoms with van der Waals surface area (Å²) in [6.07, 6.45) is 0.819. The van der Waals surface area contributed by atoms with Crippen LogP contribution < -0.4 is 0 Å². The van der Waals surface area contributed by atoms with E-state index in [4.69, 9.17) is 0 Å². The van der Waals surface area contributed by atoms with Crippen molar-refractivity contribution in [2.75, 3.05) is 33.7 Å². The summed E-state index contributed by atoms with van der Waals surface area (Å²) in [5.41, 5.74) is 0. The van der Waals surface area contributed by atoms with Crippen LogP contribution in [0.15, 0.2) is 20.1 Å². The van der Waals surface area contributed by atoms with Gasteiger partial charge in [-0.3, -0.25) is 0 Å². The molecule has 0 unspecified atom stereocenters. The SMILES string of the molecule is CCCN(CCN(C)C)S(=O)(=O)c1ccc(Br)s1. The van der Waals surface area contributed by atoms with Gasteiger partial charge in [0.15, 0.2) is 0 Å². The van der Waals surface area contributed by atoms with Crippen LogP contribution in [0.25, 0.3) is 0 Å². The summed E-state index contributed by atoms with van der Waals surface area (Å²) in [6.45, 7) is 3.80. The molecule has 0 aliphatic rings. The van der Waals surface area contributed by atoms with E-state index < -0.39 is 10.0 Å². The molecule has 104 valence electrons. The second-order valence-electron chi connectivity index (χ2n) is 4.27. The molecule has 1 heterocycles. The van der Waals surface area contributed by atoms with Crippen LogP contribution in [0.2, 0.25) is 0 Å². The molecule has 1 aromatic heterocycles. The smallest absolute Gasteiger partial charge is 0.252 e. The highest BCUT2D eigenvalue weighted by molar-refractivity contribution is 9.11. The third kappa shape index (κ3) is 4.31. The number of thiophene rings is 1. The van der Waals surface area contributed by atoms with Gasteiger partial charge in [-0.05, 0) is 48.6 Å². The lowest BCUT2D eigenvalue weighted by molar-refractivity contribution is 0.333. The Hall–Kier alpha value is 0.0500. The van der Waals surface area contributed by atoms with E-state index in [0.29, 0.717) is 17.3 Å². The van der Waals surface area contributed by atoms with Crippen molar-refractivity contribution in [3.05, 3.63) is 15.9 Å². The first-order chi connectivity index (χ1) is 8.37. The molecule has 0 aliphatic heterocycles. The maximum atomic E-state index is 12.4. The average molecular weight is 355 g/mol. The zero-order chi connectivity index (χ0) is 13.8. The van der Waals surface area contributed by atoms with Gasteiger partial charge in [0.2, 0.25) is 0 Å². The van der Waals surface area contributed by atoms with Crippen LogP contribution in [0.1, 0.15) is 13.3 Å². The van der Waals surface area contributed by atoms with Gasteiger partial charge in [-0.25, -0.2) is 8.42 Å². The average Bonchev–Trinajstić information content (AvgIpc) is 2.71. The molecule has 0 N–H and O–H groups in total. The summed E-state index contributed by atoms with van der Waals surface area (Å²) in [6, 6.07) is 3.43. The van der Waals surface area contributed by atoms with E-state index in [1.165, 1.54) is 11.3 Å². The first kappa shape index (κ1) is 16.1. The van der Waals surface area contributed by atoms with Gasteiger partial charge in [0, 0.05) is 19.6 Å². The van der Waals surface area contributed by atoms with Gasteiger partial charge < -0.3 is 4.90 Å². The zero-order valence-electron chi connectivity index (χ0n) is 10.9. The van der Waals surface area contributed by atoms with Crippen LogP contribution >= 0.6 is 27.3 Å². The monoisotopic (exact) mass is 354 g/mol. The first-order valence-corrected chi connectivity index (χ1v) is 8.83. The molecule has 0 aliphatic carbocycles. The van der Waals surface area contributed by atoms with E-state index in [-0.39, 0.29) is 0 Å². The highest BCUT2D eigenvalue weighted by Crippen LogP contribution is 2.28. The second-order valence-corrected chi connectivity index (χ2v) is 8.89. The summed E-state index contributed by atoms with van der Waals surface area (Å²) in [5, 5.41) is 0. The number of rotatable bonds is 7. The number of sulfonamides is 1. The van der Waals surface area contributed by atoms with E-state index >= 15 is 0 Å². The normalized spacial score (nSPS) is 12.6. The molecule has 0 amide bonds. The Labute approximate surface area is 122 Å². The molecule has 4 nitrogen and oxygen atoms in total. The maximum Gasteiger partial charge on any atom is 0.252 e. The molecule has 1 aromatic rings. The number of hydrogen-bond acceptors (Lipinski definition) is 4. The number of hydrogen-bond donors (Lipinski definition) is 0. The Morgan fingerprint density at radius 1 is 1.22 bits per heavy atom. The molecule has 1 rings (SSSR count). The van der Waals surface area contributed by atoms with Crippen molar-refractivity contribution in [2.45, 2.75) is 17.6 Å². The Morgan fingerprint density at radius 3 is 2.33 bits per heavy atom. The Morgan fingerprint density at radius 2 is 1.89 bits per heavy atom. The van der Waals surface area contributed by atoms with Crippen molar-refractivity contribution in [3.8, 4) is 0 Å². The van der Waals surface area contributed by atoms with Gasteiger partial charge in [-0.2, -0.15) is 4.31 Å². The Kier molecular flexibility index (Phi) is 6.26. The van der Waals surface area contributed by atoms with Crippen molar-refractivity contribution < 1.29 is 8.42 Å². The minimum atomic E-state index is -3.34. The zero-order valence-corrected chi connectivity index (χ0v) is 14.1. The molecular formula is C11H19BrN2O2S2. The second kappa shape index (κ2) is 7.00. The predicted molar refractivity (Wildman–Crippen MR) is 79.6 cm³/mol. The van der Waals surface area contributed by atoms with Crippen molar-refractivity contribution in [1.29, 1.82) is 0 Å². The lowest BCUT2D eigenvalue weighted by Crippen LogP contribution is -2.36. The fraction of sp³-hybridized carbons (Fsp3) is 0.636. The van der Waals surface area contributed by atoms with Crippen LogP contribution in [0.3, 0.4) is 0 Å². The van der Waals surface area contributed by atoms with Gasteiger partial charge in [0.1, 0.15) is 4.21 Å². The Bertz CT molecular complexity index is 471. The van der Waals surface area contributed by atoms with Crippen molar-refractivity contribution in [2.24, 2.45) is 0 Å². The number of likely N-dealkylation sites (N-methyl/N-ethyl adjacent to an activating group) is 1. The number of nitrogens with zero attached hydrogens (tertiary/aromatic N) is 2. The number of halogens is 1. The maximum absolute atomic E-state index is 12.4. The highest BCUT2D eigenvalue weighted by Gasteiger charge is 2.25. The third-order valence-electron chi connectivity index (χ3n) is 2.41. The molecule has 0 bridgehead atoms. The van der Waals surface area contributed by atoms with Crippen molar-refractivity contribution in [1.82, 2.24) is 9.21 Å². The summed E-state index contributed by atoms with van der Waals surface area (Å²) in [7, 11) is 0.543. The molecule has 0 aromatic carbocycles. The molecule has 0 fully saturated rings. The minimum absolute atomic E-state index is 0.404. The molecule has 7 heteroatoms. The molecule has 0 spiro atoms.